The summed E-state index contributed by atoms with van der Waals surface area (Å²) in [5, 5.41) is 2.74. The Balaban J connectivity index is 2.62. The predicted octanol–water partition coefficient (Wildman–Crippen LogP) is 0.953. The molecule has 15 heavy (non-hydrogen) atoms. The van der Waals surface area contributed by atoms with E-state index < -0.39 is 0 Å². The van der Waals surface area contributed by atoms with Crippen LogP contribution in [0.3, 0.4) is 0 Å². The Hall–Kier alpha value is -1.55. The molecule has 4 nitrogen and oxygen atoms in total. The Bertz CT molecular complexity index is 350. The zero-order valence-corrected chi connectivity index (χ0v) is 9.04. The molecule has 0 saturated heterocycles. The van der Waals surface area contributed by atoms with Crippen LogP contribution in [0.5, 0.6) is 0 Å². The number of carbonyl (C=O) groups excluding carboxylic acids is 1. The van der Waals surface area contributed by atoms with Crippen molar-refractivity contribution >= 4 is 11.6 Å². The van der Waals surface area contributed by atoms with Crippen molar-refractivity contribution in [1.29, 1.82) is 0 Å². The summed E-state index contributed by atoms with van der Waals surface area (Å²) in [7, 11) is 1.60. The normalized spacial score (nSPS) is 10.0. The van der Waals surface area contributed by atoms with Crippen LogP contribution in [-0.2, 0) is 4.74 Å². The minimum atomic E-state index is -0.102. The molecule has 1 rings (SSSR count). The van der Waals surface area contributed by atoms with Gasteiger partial charge in [-0.25, -0.2) is 0 Å². The number of ether oxygens (including phenoxy) is 1. The average molecular weight is 208 g/mol. The van der Waals surface area contributed by atoms with Gasteiger partial charge in [0, 0.05) is 24.9 Å². The van der Waals surface area contributed by atoms with Crippen molar-refractivity contribution in [1.82, 2.24) is 5.32 Å². The van der Waals surface area contributed by atoms with Gasteiger partial charge < -0.3 is 15.8 Å². The minimum Gasteiger partial charge on any atom is -0.399 e. The van der Waals surface area contributed by atoms with E-state index in [1.165, 1.54) is 0 Å². The van der Waals surface area contributed by atoms with Gasteiger partial charge in [0.05, 0.1) is 6.61 Å². The number of aryl methyl sites for hydroxylation is 1. The highest BCUT2D eigenvalue weighted by Crippen LogP contribution is 2.12. The number of rotatable bonds is 4. The molecule has 0 aliphatic rings. The van der Waals surface area contributed by atoms with E-state index in [1.54, 1.807) is 25.3 Å². The van der Waals surface area contributed by atoms with Gasteiger partial charge in [-0.05, 0) is 30.7 Å². The first-order valence-corrected chi connectivity index (χ1v) is 4.78. The molecule has 1 amide bonds. The lowest BCUT2D eigenvalue weighted by Crippen LogP contribution is -2.26. The molecule has 0 atom stereocenters. The first-order chi connectivity index (χ1) is 7.15. The monoisotopic (exact) mass is 208 g/mol. The molecule has 0 spiro atoms. The molecule has 1 aromatic carbocycles. The second-order valence-corrected chi connectivity index (χ2v) is 3.32. The van der Waals surface area contributed by atoms with Crippen molar-refractivity contribution < 1.29 is 9.53 Å². The average Bonchev–Trinajstić information content (AvgIpc) is 2.22. The van der Waals surface area contributed by atoms with Crippen LogP contribution < -0.4 is 11.1 Å². The van der Waals surface area contributed by atoms with Crippen molar-refractivity contribution in [2.24, 2.45) is 0 Å². The number of anilines is 1. The summed E-state index contributed by atoms with van der Waals surface area (Å²) in [6, 6.07) is 5.22. The Morgan fingerprint density at radius 3 is 2.87 bits per heavy atom. The molecule has 0 fully saturated rings. The standard InChI is InChI=1S/C11H16N2O2/c1-8-7-9(3-4-10(8)12)11(14)13-5-6-15-2/h3-4,7H,5-6,12H2,1-2H3,(H,13,14). The van der Waals surface area contributed by atoms with Gasteiger partial charge in [0.1, 0.15) is 0 Å². The number of amides is 1. The summed E-state index contributed by atoms with van der Waals surface area (Å²) in [4.78, 5) is 11.6. The lowest BCUT2D eigenvalue weighted by Gasteiger charge is -2.06. The maximum absolute atomic E-state index is 11.6. The fraction of sp³-hybridized carbons (Fsp3) is 0.364. The number of nitrogens with one attached hydrogen (secondary N) is 1. The van der Waals surface area contributed by atoms with Crippen LogP contribution >= 0.6 is 0 Å². The molecule has 4 heteroatoms. The van der Waals surface area contributed by atoms with E-state index in [4.69, 9.17) is 10.5 Å². The molecule has 82 valence electrons. The Morgan fingerprint density at radius 2 is 2.27 bits per heavy atom. The highest BCUT2D eigenvalue weighted by Gasteiger charge is 2.05. The lowest BCUT2D eigenvalue weighted by atomic mass is 10.1. The Labute approximate surface area is 89.4 Å². The molecule has 0 aliphatic heterocycles. The quantitative estimate of drug-likeness (QED) is 0.572. The van der Waals surface area contributed by atoms with Gasteiger partial charge in [-0.3, -0.25) is 4.79 Å². The van der Waals surface area contributed by atoms with Gasteiger partial charge in [0.25, 0.3) is 5.91 Å². The van der Waals surface area contributed by atoms with Gasteiger partial charge in [0.15, 0.2) is 0 Å². The molecule has 1 aromatic rings. The van der Waals surface area contributed by atoms with E-state index >= 15 is 0 Å². The first-order valence-electron chi connectivity index (χ1n) is 4.78. The van der Waals surface area contributed by atoms with Crippen molar-refractivity contribution in [3.8, 4) is 0 Å². The molecule has 0 aliphatic carbocycles. The van der Waals surface area contributed by atoms with E-state index in [-0.39, 0.29) is 5.91 Å². The van der Waals surface area contributed by atoms with Crippen molar-refractivity contribution in [2.45, 2.75) is 6.92 Å². The zero-order valence-electron chi connectivity index (χ0n) is 9.04. The van der Waals surface area contributed by atoms with Crippen molar-refractivity contribution in [3.63, 3.8) is 0 Å². The SMILES string of the molecule is COCCNC(=O)c1ccc(N)c(C)c1. The van der Waals surface area contributed by atoms with Crippen LogP contribution in [0.4, 0.5) is 5.69 Å². The second-order valence-electron chi connectivity index (χ2n) is 3.32. The number of hydrogen-bond acceptors (Lipinski definition) is 3. The topological polar surface area (TPSA) is 64.3 Å². The van der Waals surface area contributed by atoms with E-state index in [0.29, 0.717) is 24.4 Å². The molecule has 0 radical (unpaired) electrons. The third-order valence-electron chi connectivity index (χ3n) is 2.12. The molecular formula is C11H16N2O2. The lowest BCUT2D eigenvalue weighted by molar-refractivity contribution is 0.0937. The highest BCUT2D eigenvalue weighted by atomic mass is 16.5. The molecule has 3 N–H and O–H groups in total. The van der Waals surface area contributed by atoms with Gasteiger partial charge in [0.2, 0.25) is 0 Å². The van der Waals surface area contributed by atoms with Crippen LogP contribution in [-0.4, -0.2) is 26.2 Å². The molecule has 0 unspecified atom stereocenters. The number of hydrogen-bond donors (Lipinski definition) is 2. The first kappa shape index (κ1) is 11.5. The molecular weight excluding hydrogens is 192 g/mol. The fourth-order valence-electron chi connectivity index (χ4n) is 1.19. The van der Waals surface area contributed by atoms with Gasteiger partial charge >= 0.3 is 0 Å². The van der Waals surface area contributed by atoms with Gasteiger partial charge in [-0.1, -0.05) is 0 Å². The van der Waals surface area contributed by atoms with Crippen LogP contribution in [0.2, 0.25) is 0 Å². The summed E-state index contributed by atoms with van der Waals surface area (Å²) in [5.74, 6) is -0.102. The summed E-state index contributed by atoms with van der Waals surface area (Å²) in [6.45, 7) is 2.90. The number of nitrogens with two attached hydrogens (primary N) is 1. The number of benzene rings is 1. The molecule has 0 heterocycles. The highest BCUT2D eigenvalue weighted by molar-refractivity contribution is 5.94. The summed E-state index contributed by atoms with van der Waals surface area (Å²) in [6.07, 6.45) is 0. The molecule has 0 saturated carbocycles. The van der Waals surface area contributed by atoms with Crippen molar-refractivity contribution in [2.75, 3.05) is 26.0 Å². The summed E-state index contributed by atoms with van der Waals surface area (Å²) in [5.41, 5.74) is 7.89. The van der Waals surface area contributed by atoms with Gasteiger partial charge in [-0.2, -0.15) is 0 Å². The number of methoxy groups -OCH3 is 1. The minimum absolute atomic E-state index is 0.102. The third kappa shape index (κ3) is 3.25. The van der Waals surface area contributed by atoms with Crippen LogP contribution in [0, 0.1) is 6.92 Å². The fourth-order valence-corrected chi connectivity index (χ4v) is 1.19. The number of nitrogen functional groups attached to an aromatic ring is 1. The van der Waals surface area contributed by atoms with Crippen molar-refractivity contribution in [3.05, 3.63) is 29.3 Å². The second kappa shape index (κ2) is 5.36. The maximum atomic E-state index is 11.6. The van der Waals surface area contributed by atoms with E-state index in [9.17, 15) is 4.79 Å². The van der Waals surface area contributed by atoms with Gasteiger partial charge in [-0.15, -0.1) is 0 Å². The summed E-state index contributed by atoms with van der Waals surface area (Å²) >= 11 is 0. The zero-order chi connectivity index (χ0) is 11.3. The smallest absolute Gasteiger partial charge is 0.251 e. The maximum Gasteiger partial charge on any atom is 0.251 e. The largest absolute Gasteiger partial charge is 0.399 e. The third-order valence-corrected chi connectivity index (χ3v) is 2.12. The van der Waals surface area contributed by atoms with E-state index in [0.717, 1.165) is 5.56 Å². The van der Waals surface area contributed by atoms with Crippen LogP contribution in [0.25, 0.3) is 0 Å². The van der Waals surface area contributed by atoms with Crippen LogP contribution in [0.15, 0.2) is 18.2 Å². The Kier molecular flexibility index (Phi) is 4.12. The molecule has 0 aromatic heterocycles. The van der Waals surface area contributed by atoms with Crippen LogP contribution in [0.1, 0.15) is 15.9 Å². The Morgan fingerprint density at radius 1 is 1.53 bits per heavy atom. The van der Waals surface area contributed by atoms with E-state index in [2.05, 4.69) is 5.32 Å². The predicted molar refractivity (Wildman–Crippen MR) is 59.8 cm³/mol. The summed E-state index contributed by atoms with van der Waals surface area (Å²) < 4.78 is 4.84. The molecule has 0 bridgehead atoms. The number of carbonyl (C=O) groups is 1. The van der Waals surface area contributed by atoms with E-state index in [1.807, 2.05) is 6.92 Å².